The minimum atomic E-state index is 1.26. The van der Waals surface area contributed by atoms with Crippen molar-refractivity contribution >= 4 is 19.0 Å². The monoisotopic (exact) mass is 298 g/mol. The van der Waals surface area contributed by atoms with Crippen LogP contribution in [0, 0.1) is 0 Å². The second-order valence-electron chi connectivity index (χ2n) is 5.30. The Hall–Kier alpha value is -2.43. The molecule has 104 valence electrons. The summed E-state index contributed by atoms with van der Waals surface area (Å²) in [6.45, 7) is 0. The zero-order valence-corrected chi connectivity index (χ0v) is 13.0. The summed E-state index contributed by atoms with van der Waals surface area (Å²) in [6.07, 6.45) is 0. The van der Waals surface area contributed by atoms with Gasteiger partial charge in [-0.2, -0.15) is 0 Å². The molecule has 0 N–H and O–H groups in total. The predicted molar refractivity (Wildman–Crippen MR) is 97.3 cm³/mol. The lowest BCUT2D eigenvalue weighted by molar-refractivity contribution is 1.67. The second-order valence-corrected chi connectivity index (χ2v) is 6.26. The Bertz CT molecular complexity index is 834. The molecule has 1 heterocycles. The second kappa shape index (κ2) is 5.75. The molecule has 0 bridgehead atoms. The van der Waals surface area contributed by atoms with Crippen LogP contribution in [0.3, 0.4) is 0 Å². The molecular weight excluding hydrogens is 283 g/mol. The fraction of sp³-hybridized carbons (Fsp3) is 0. The number of rotatable bonds is 2. The molecule has 1 heteroatoms. The fourth-order valence-corrected chi connectivity index (χ4v) is 4.05. The molecule has 0 nitrogen and oxygen atoms in total. The van der Waals surface area contributed by atoms with Crippen molar-refractivity contribution in [2.75, 3.05) is 0 Å². The van der Waals surface area contributed by atoms with E-state index in [-0.39, 0.29) is 0 Å². The Morgan fingerprint density at radius 2 is 1.05 bits per heavy atom. The average Bonchev–Trinajstić information content (AvgIpc) is 2.62. The van der Waals surface area contributed by atoms with E-state index in [0.29, 0.717) is 0 Å². The van der Waals surface area contributed by atoms with Crippen molar-refractivity contribution < 1.29 is 0 Å². The van der Waals surface area contributed by atoms with E-state index < -0.39 is 0 Å². The maximum absolute atomic E-state index is 2.33. The molecule has 0 unspecified atom stereocenters. The van der Waals surface area contributed by atoms with Crippen LogP contribution in [0.1, 0.15) is 0 Å². The van der Waals surface area contributed by atoms with E-state index in [2.05, 4.69) is 90.7 Å². The molecule has 0 fully saturated rings. The van der Waals surface area contributed by atoms with Crippen molar-refractivity contribution in [1.82, 2.24) is 0 Å². The van der Waals surface area contributed by atoms with E-state index in [0.717, 1.165) is 0 Å². The molecule has 4 rings (SSSR count). The highest BCUT2D eigenvalue weighted by atomic mass is 31.0. The van der Waals surface area contributed by atoms with Crippen LogP contribution >= 0.6 is 8.19 Å². The molecule has 0 saturated carbocycles. The van der Waals surface area contributed by atoms with Gasteiger partial charge in [-0.25, -0.2) is 0 Å². The van der Waals surface area contributed by atoms with Crippen molar-refractivity contribution in [2.24, 2.45) is 0 Å². The summed E-state index contributed by atoms with van der Waals surface area (Å²) < 4.78 is 0. The van der Waals surface area contributed by atoms with Gasteiger partial charge in [-0.05, 0) is 33.3 Å². The van der Waals surface area contributed by atoms with E-state index in [1.54, 1.807) is 0 Å². The maximum Gasteiger partial charge on any atom is 0.0169 e. The van der Waals surface area contributed by atoms with Gasteiger partial charge in [0.05, 0.1) is 0 Å². The van der Waals surface area contributed by atoms with Crippen LogP contribution in [0.5, 0.6) is 0 Å². The zero-order valence-electron chi connectivity index (χ0n) is 12.1. The van der Waals surface area contributed by atoms with Gasteiger partial charge in [-0.15, -0.1) is 0 Å². The lowest BCUT2D eigenvalue weighted by Crippen LogP contribution is -1.82. The predicted octanol–water partition coefficient (Wildman–Crippen LogP) is 6.75. The smallest absolute Gasteiger partial charge is 0.0169 e. The van der Waals surface area contributed by atoms with Gasteiger partial charge in [0.2, 0.25) is 0 Å². The van der Waals surface area contributed by atoms with Crippen LogP contribution < -0.4 is 0 Å². The van der Waals surface area contributed by atoms with Crippen LogP contribution in [-0.2, 0) is 0 Å². The van der Waals surface area contributed by atoms with Gasteiger partial charge in [0.15, 0.2) is 0 Å². The Balaban J connectivity index is 2.01. The number of benzene rings is 3. The summed E-state index contributed by atoms with van der Waals surface area (Å²) >= 11 is 0. The summed E-state index contributed by atoms with van der Waals surface area (Å²) in [5.74, 6) is 2.33. The summed E-state index contributed by atoms with van der Waals surface area (Å²) in [5, 5.41) is 4.05. The standard InChI is InChI=1S/C21H15P/c1-3-9-16(10-4-1)20-15-22-21(17-11-5-2-6-12-17)19-14-8-7-13-18(19)20/h1-15H. The molecule has 22 heavy (non-hydrogen) atoms. The molecule has 1 aromatic heterocycles. The summed E-state index contributed by atoms with van der Waals surface area (Å²) in [7, 11) is 1.26. The molecule has 0 atom stereocenters. The largest absolute Gasteiger partial charge is 0.0665 e. The quantitative estimate of drug-likeness (QED) is 0.384. The van der Waals surface area contributed by atoms with Gasteiger partial charge in [0.25, 0.3) is 0 Å². The van der Waals surface area contributed by atoms with Crippen LogP contribution in [0.25, 0.3) is 32.8 Å². The molecule has 3 aromatic carbocycles. The minimum absolute atomic E-state index is 1.26. The van der Waals surface area contributed by atoms with Gasteiger partial charge in [0.1, 0.15) is 0 Å². The number of hydrogen-bond acceptors (Lipinski definition) is 0. The van der Waals surface area contributed by atoms with Crippen LogP contribution in [0.2, 0.25) is 0 Å². The Labute approximate surface area is 132 Å². The topological polar surface area (TPSA) is 0 Å². The van der Waals surface area contributed by atoms with Gasteiger partial charge in [0, 0.05) is 5.30 Å². The van der Waals surface area contributed by atoms with E-state index >= 15 is 0 Å². The van der Waals surface area contributed by atoms with Crippen LogP contribution in [0.15, 0.2) is 90.7 Å². The van der Waals surface area contributed by atoms with Crippen LogP contribution in [0.4, 0.5) is 0 Å². The maximum atomic E-state index is 2.33. The van der Waals surface area contributed by atoms with E-state index in [9.17, 15) is 0 Å². The lowest BCUT2D eigenvalue weighted by atomic mass is 10.00. The fourth-order valence-electron chi connectivity index (χ4n) is 2.87. The average molecular weight is 298 g/mol. The van der Waals surface area contributed by atoms with Gasteiger partial charge in [-0.3, -0.25) is 0 Å². The van der Waals surface area contributed by atoms with Crippen molar-refractivity contribution in [3.8, 4) is 22.0 Å². The van der Waals surface area contributed by atoms with E-state index in [1.807, 2.05) is 0 Å². The Kier molecular flexibility index (Phi) is 3.46. The highest BCUT2D eigenvalue weighted by Gasteiger charge is 2.09. The summed E-state index contributed by atoms with van der Waals surface area (Å²) in [4.78, 5) is 0. The summed E-state index contributed by atoms with van der Waals surface area (Å²) in [6, 6.07) is 30.0. The van der Waals surface area contributed by atoms with E-state index in [4.69, 9.17) is 0 Å². The molecule has 0 amide bonds. The first-order valence-electron chi connectivity index (χ1n) is 7.42. The minimum Gasteiger partial charge on any atom is -0.0665 e. The number of hydrogen-bond donors (Lipinski definition) is 0. The van der Waals surface area contributed by atoms with Gasteiger partial charge in [-0.1, -0.05) is 93.1 Å². The zero-order chi connectivity index (χ0) is 14.8. The molecular formula is C21H15P. The Morgan fingerprint density at radius 3 is 1.73 bits per heavy atom. The van der Waals surface area contributed by atoms with Crippen molar-refractivity contribution in [1.29, 1.82) is 0 Å². The molecule has 0 aliphatic carbocycles. The van der Waals surface area contributed by atoms with Crippen molar-refractivity contribution in [3.05, 3.63) is 90.7 Å². The molecule has 0 aliphatic rings. The van der Waals surface area contributed by atoms with Gasteiger partial charge < -0.3 is 0 Å². The normalized spacial score (nSPS) is 11.1. The molecule has 0 spiro atoms. The van der Waals surface area contributed by atoms with Crippen molar-refractivity contribution in [3.63, 3.8) is 0 Å². The molecule has 0 saturated heterocycles. The molecule has 4 aromatic rings. The third kappa shape index (κ3) is 2.32. The third-order valence-electron chi connectivity index (χ3n) is 3.93. The van der Waals surface area contributed by atoms with E-state index in [1.165, 1.54) is 41.0 Å². The first kappa shape index (κ1) is 13.2. The SMILES string of the molecule is c1ccc(-c2cpc(-c3ccccc3)c3ccccc23)cc1. The van der Waals surface area contributed by atoms with Crippen molar-refractivity contribution in [2.45, 2.75) is 0 Å². The van der Waals surface area contributed by atoms with Gasteiger partial charge >= 0.3 is 0 Å². The first-order chi connectivity index (χ1) is 10.9. The lowest BCUT2D eigenvalue weighted by Gasteiger charge is -2.11. The molecule has 0 aliphatic heterocycles. The Morgan fingerprint density at radius 1 is 0.500 bits per heavy atom. The summed E-state index contributed by atoms with van der Waals surface area (Å²) in [5.41, 5.74) is 3.92. The molecule has 0 radical (unpaired) electrons. The third-order valence-corrected chi connectivity index (χ3v) is 5.07. The number of fused-ring (bicyclic) bond motifs is 1. The first-order valence-corrected chi connectivity index (χ1v) is 8.38. The highest BCUT2D eigenvalue weighted by molar-refractivity contribution is 7.34. The highest BCUT2D eigenvalue weighted by Crippen LogP contribution is 2.40. The van der Waals surface area contributed by atoms with Crippen LogP contribution in [-0.4, -0.2) is 0 Å².